The fourth-order valence-electron chi connectivity index (χ4n) is 3.93. The van der Waals surface area contributed by atoms with Crippen LogP contribution in [0.25, 0.3) is 0 Å². The van der Waals surface area contributed by atoms with E-state index in [2.05, 4.69) is 11.4 Å². The van der Waals surface area contributed by atoms with Gasteiger partial charge in [0.1, 0.15) is 11.9 Å². The Morgan fingerprint density at radius 3 is 2.58 bits per heavy atom. The Labute approximate surface area is 180 Å². The molecule has 0 aliphatic carbocycles. The smallest absolute Gasteiger partial charge is 0.165 e. The molecule has 31 heavy (non-hydrogen) atoms. The van der Waals surface area contributed by atoms with Crippen LogP contribution in [0, 0.1) is 28.4 Å². The lowest BCUT2D eigenvalue weighted by Gasteiger charge is -2.46. The zero-order valence-corrected chi connectivity index (χ0v) is 17.4. The van der Waals surface area contributed by atoms with Gasteiger partial charge in [-0.25, -0.2) is 8.78 Å². The average molecular weight is 429 g/mol. The summed E-state index contributed by atoms with van der Waals surface area (Å²) in [6.45, 7) is 3.92. The number of anilines is 1. The maximum atomic E-state index is 14.2. The Bertz CT molecular complexity index is 965. The van der Waals surface area contributed by atoms with Crippen molar-refractivity contribution in [3.05, 3.63) is 59.2 Å². The largest absolute Gasteiger partial charge is 0.494 e. The van der Waals surface area contributed by atoms with Gasteiger partial charge in [-0.05, 0) is 35.9 Å². The molecule has 4 rings (SSSR count). The summed E-state index contributed by atoms with van der Waals surface area (Å²) < 4.78 is 44.7. The van der Waals surface area contributed by atoms with Crippen LogP contribution in [0.3, 0.4) is 0 Å². The molecule has 0 amide bonds. The van der Waals surface area contributed by atoms with Crippen molar-refractivity contribution >= 4 is 5.69 Å². The van der Waals surface area contributed by atoms with Gasteiger partial charge in [0.25, 0.3) is 0 Å². The van der Waals surface area contributed by atoms with Crippen molar-refractivity contribution in [3.63, 3.8) is 0 Å². The molecule has 6 nitrogen and oxygen atoms in total. The quantitative estimate of drug-likeness (QED) is 0.729. The van der Waals surface area contributed by atoms with E-state index in [1.165, 1.54) is 25.3 Å². The predicted octanol–water partition coefficient (Wildman–Crippen LogP) is 3.20. The normalized spacial score (nSPS) is 17.7. The van der Waals surface area contributed by atoms with Crippen molar-refractivity contribution in [1.82, 2.24) is 5.32 Å². The van der Waals surface area contributed by atoms with Gasteiger partial charge in [-0.3, -0.25) is 0 Å². The highest BCUT2D eigenvalue weighted by Crippen LogP contribution is 2.30. The minimum atomic E-state index is -0.478. The van der Waals surface area contributed by atoms with Crippen molar-refractivity contribution in [2.45, 2.75) is 19.3 Å². The molecule has 0 saturated carbocycles. The van der Waals surface area contributed by atoms with E-state index in [1.54, 1.807) is 18.2 Å². The molecule has 8 heteroatoms. The predicted molar refractivity (Wildman–Crippen MR) is 111 cm³/mol. The van der Waals surface area contributed by atoms with Crippen LogP contribution in [-0.2, 0) is 16.0 Å². The van der Waals surface area contributed by atoms with E-state index in [0.29, 0.717) is 44.0 Å². The van der Waals surface area contributed by atoms with E-state index in [0.717, 1.165) is 13.1 Å². The van der Waals surface area contributed by atoms with Crippen LogP contribution in [0.15, 0.2) is 36.4 Å². The average Bonchev–Trinajstić information content (AvgIpc) is 2.76. The third-order valence-corrected chi connectivity index (χ3v) is 5.79. The van der Waals surface area contributed by atoms with Crippen LogP contribution >= 0.6 is 0 Å². The molecule has 2 heterocycles. The topological polar surface area (TPSA) is 66.8 Å². The number of nitrogens with zero attached hydrogens (tertiary/aromatic N) is 2. The second-order valence-electron chi connectivity index (χ2n) is 8.11. The lowest BCUT2D eigenvalue weighted by molar-refractivity contribution is -0.239. The van der Waals surface area contributed by atoms with Gasteiger partial charge < -0.3 is 24.4 Å². The molecule has 0 atom stereocenters. The number of methoxy groups -OCH3 is 1. The number of hydrogen-bond donors (Lipinski definition) is 1. The van der Waals surface area contributed by atoms with E-state index < -0.39 is 11.6 Å². The lowest BCUT2D eigenvalue weighted by atomic mass is 9.83. The monoisotopic (exact) mass is 429 g/mol. The third kappa shape index (κ3) is 4.79. The van der Waals surface area contributed by atoms with Crippen LogP contribution in [0.1, 0.15) is 17.5 Å². The van der Waals surface area contributed by atoms with Gasteiger partial charge in [0.15, 0.2) is 17.9 Å². The summed E-state index contributed by atoms with van der Waals surface area (Å²) in [5, 5.41) is 12.7. The van der Waals surface area contributed by atoms with Crippen molar-refractivity contribution in [1.29, 1.82) is 5.26 Å². The molecule has 0 bridgehead atoms. The molecular weight excluding hydrogens is 404 g/mol. The molecule has 164 valence electrons. The summed E-state index contributed by atoms with van der Waals surface area (Å²) in [6.07, 6.45) is 0.206. The number of benzene rings is 2. The van der Waals surface area contributed by atoms with E-state index in [4.69, 9.17) is 14.2 Å². The summed E-state index contributed by atoms with van der Waals surface area (Å²) in [5.74, 6) is -0.773. The maximum absolute atomic E-state index is 14.2. The zero-order chi connectivity index (χ0) is 21.8. The third-order valence-electron chi connectivity index (χ3n) is 5.79. The Hall–Kier alpha value is -2.73. The fraction of sp³-hybridized carbons (Fsp3) is 0.435. The molecule has 1 N–H and O–H groups in total. The van der Waals surface area contributed by atoms with Gasteiger partial charge in [-0.15, -0.1) is 0 Å². The van der Waals surface area contributed by atoms with Crippen LogP contribution in [-0.4, -0.2) is 46.2 Å². The van der Waals surface area contributed by atoms with Crippen molar-refractivity contribution in [3.8, 4) is 11.8 Å². The van der Waals surface area contributed by atoms with Crippen LogP contribution in [0.5, 0.6) is 5.75 Å². The second kappa shape index (κ2) is 9.18. The Kier molecular flexibility index (Phi) is 6.37. The van der Waals surface area contributed by atoms with Crippen molar-refractivity contribution < 1.29 is 23.0 Å². The second-order valence-corrected chi connectivity index (χ2v) is 8.11. The summed E-state index contributed by atoms with van der Waals surface area (Å²) >= 11 is 0. The summed E-state index contributed by atoms with van der Waals surface area (Å²) in [7, 11) is 1.41. The molecule has 2 aliphatic heterocycles. The minimum Gasteiger partial charge on any atom is -0.494 e. The van der Waals surface area contributed by atoms with Crippen molar-refractivity contribution in [2.24, 2.45) is 5.41 Å². The molecule has 0 radical (unpaired) electrons. The summed E-state index contributed by atoms with van der Waals surface area (Å²) in [6, 6.07) is 10.9. The Balaban J connectivity index is 1.50. The Morgan fingerprint density at radius 2 is 1.97 bits per heavy atom. The standard InChI is InChI=1S/C23H25F2N3O3/c1-29-21-5-2-16(8-19(21)25)11-28(20-4-3-18(24)9-17(20)10-26)7-6-22-30-14-23(15-31-22)12-27-13-23/h2-5,8-9,22,27H,6-7,11-15H2,1H3. The number of hydrogen-bond acceptors (Lipinski definition) is 6. The number of rotatable bonds is 7. The number of halogens is 2. The van der Waals surface area contributed by atoms with Gasteiger partial charge in [-0.1, -0.05) is 6.07 Å². The first kappa shape index (κ1) is 21.5. The molecule has 0 unspecified atom stereocenters. The summed E-state index contributed by atoms with van der Waals surface area (Å²) in [5.41, 5.74) is 1.59. The van der Waals surface area contributed by atoms with Crippen molar-refractivity contribution in [2.75, 3.05) is 44.9 Å². The highest BCUT2D eigenvalue weighted by atomic mass is 19.1. The molecule has 2 aromatic rings. The fourth-order valence-corrected chi connectivity index (χ4v) is 3.93. The molecule has 2 fully saturated rings. The lowest BCUT2D eigenvalue weighted by Crippen LogP contribution is -2.61. The van der Waals surface area contributed by atoms with Gasteiger partial charge in [0.05, 0.1) is 31.6 Å². The van der Waals surface area contributed by atoms with Crippen LogP contribution < -0.4 is 15.0 Å². The molecule has 1 spiro atoms. The van der Waals surface area contributed by atoms with E-state index >= 15 is 0 Å². The molecule has 2 aromatic carbocycles. The number of ether oxygens (including phenoxy) is 3. The molecule has 2 aliphatic rings. The number of nitriles is 1. The van der Waals surface area contributed by atoms with Gasteiger partial charge in [0, 0.05) is 38.0 Å². The number of nitrogens with one attached hydrogen (secondary N) is 1. The minimum absolute atomic E-state index is 0.0851. The highest BCUT2D eigenvalue weighted by molar-refractivity contribution is 5.59. The highest BCUT2D eigenvalue weighted by Gasteiger charge is 2.42. The zero-order valence-electron chi connectivity index (χ0n) is 17.4. The van der Waals surface area contributed by atoms with Gasteiger partial charge in [-0.2, -0.15) is 5.26 Å². The molecule has 2 saturated heterocycles. The van der Waals surface area contributed by atoms with Crippen LogP contribution in [0.4, 0.5) is 14.5 Å². The molecule has 0 aromatic heterocycles. The first-order chi connectivity index (χ1) is 15.0. The molecular formula is C23H25F2N3O3. The van der Waals surface area contributed by atoms with Gasteiger partial charge >= 0.3 is 0 Å². The van der Waals surface area contributed by atoms with E-state index in [-0.39, 0.29) is 23.0 Å². The maximum Gasteiger partial charge on any atom is 0.165 e. The van der Waals surface area contributed by atoms with E-state index in [9.17, 15) is 14.0 Å². The summed E-state index contributed by atoms with van der Waals surface area (Å²) in [4.78, 5) is 1.92. The first-order valence-corrected chi connectivity index (χ1v) is 10.2. The first-order valence-electron chi connectivity index (χ1n) is 10.2. The van der Waals surface area contributed by atoms with Crippen LogP contribution in [0.2, 0.25) is 0 Å². The Morgan fingerprint density at radius 1 is 1.19 bits per heavy atom. The SMILES string of the molecule is COc1ccc(CN(CCC2OCC3(CNC3)CO2)c2ccc(F)cc2C#N)cc1F. The van der Waals surface area contributed by atoms with Gasteiger partial charge in [0.2, 0.25) is 0 Å². The van der Waals surface area contributed by atoms with E-state index in [1.807, 2.05) is 4.90 Å².